The molecule has 0 saturated heterocycles. The van der Waals surface area contributed by atoms with Crippen molar-refractivity contribution in [3.8, 4) is 0 Å². The van der Waals surface area contributed by atoms with Crippen molar-refractivity contribution in [2.24, 2.45) is 0 Å². The van der Waals surface area contributed by atoms with Crippen molar-refractivity contribution in [3.05, 3.63) is 11.1 Å². The van der Waals surface area contributed by atoms with E-state index >= 15 is 0 Å². The maximum absolute atomic E-state index is 11.6. The van der Waals surface area contributed by atoms with E-state index < -0.39 is 18.6 Å². The van der Waals surface area contributed by atoms with E-state index in [-0.39, 0.29) is 13.1 Å². The number of carbonyl (C=O) groups is 1. The minimum Gasteiger partial charge on any atom is -0.350 e. The van der Waals surface area contributed by atoms with Crippen LogP contribution in [-0.4, -0.2) is 31.7 Å². The highest BCUT2D eigenvalue weighted by Crippen LogP contribution is 2.11. The van der Waals surface area contributed by atoms with Gasteiger partial charge >= 0.3 is 6.18 Å². The second-order valence-corrected chi connectivity index (χ2v) is 3.63. The zero-order valence-corrected chi connectivity index (χ0v) is 8.83. The van der Waals surface area contributed by atoms with Crippen molar-refractivity contribution in [2.45, 2.75) is 6.18 Å². The SMILES string of the molecule is C=C(Br)CNC(=O)CNCC(F)(F)F. The zero-order valence-electron chi connectivity index (χ0n) is 7.25. The maximum Gasteiger partial charge on any atom is 0.401 e. The smallest absolute Gasteiger partial charge is 0.350 e. The number of alkyl halides is 3. The molecule has 0 aromatic carbocycles. The van der Waals surface area contributed by atoms with Gasteiger partial charge in [-0.2, -0.15) is 13.2 Å². The molecule has 0 heterocycles. The molecule has 0 saturated carbocycles. The first-order valence-corrected chi connectivity index (χ1v) is 4.48. The van der Waals surface area contributed by atoms with Gasteiger partial charge in [0.25, 0.3) is 0 Å². The molecule has 0 aliphatic heterocycles. The monoisotopic (exact) mass is 274 g/mol. The van der Waals surface area contributed by atoms with E-state index in [4.69, 9.17) is 0 Å². The molecule has 0 aliphatic carbocycles. The van der Waals surface area contributed by atoms with Gasteiger partial charge < -0.3 is 10.6 Å². The molecule has 0 unspecified atom stereocenters. The van der Waals surface area contributed by atoms with Crippen molar-refractivity contribution < 1.29 is 18.0 Å². The van der Waals surface area contributed by atoms with E-state index in [0.29, 0.717) is 4.48 Å². The Morgan fingerprint density at radius 2 is 1.93 bits per heavy atom. The molecule has 0 fully saturated rings. The van der Waals surface area contributed by atoms with Crippen LogP contribution < -0.4 is 10.6 Å². The van der Waals surface area contributed by atoms with Crippen LogP contribution in [0.25, 0.3) is 0 Å². The van der Waals surface area contributed by atoms with Gasteiger partial charge in [0.05, 0.1) is 13.1 Å². The average Bonchev–Trinajstić information content (AvgIpc) is 1.98. The summed E-state index contributed by atoms with van der Waals surface area (Å²) < 4.78 is 35.4. The molecule has 0 rings (SSSR count). The van der Waals surface area contributed by atoms with Gasteiger partial charge in [-0.05, 0) is 0 Å². The summed E-state index contributed by atoms with van der Waals surface area (Å²) >= 11 is 2.99. The predicted octanol–water partition coefficient (Wildman–Crippen LogP) is 1.16. The van der Waals surface area contributed by atoms with Gasteiger partial charge in [-0.15, -0.1) is 0 Å². The van der Waals surface area contributed by atoms with Gasteiger partial charge in [0.15, 0.2) is 0 Å². The van der Waals surface area contributed by atoms with Crippen molar-refractivity contribution in [3.63, 3.8) is 0 Å². The van der Waals surface area contributed by atoms with E-state index in [0.717, 1.165) is 0 Å². The van der Waals surface area contributed by atoms with Crippen molar-refractivity contribution in [2.75, 3.05) is 19.6 Å². The average molecular weight is 275 g/mol. The van der Waals surface area contributed by atoms with Gasteiger partial charge in [-0.3, -0.25) is 4.79 Å². The molecule has 0 aromatic rings. The summed E-state index contributed by atoms with van der Waals surface area (Å²) in [5, 5.41) is 4.32. The third-order valence-electron chi connectivity index (χ3n) is 1.09. The number of hydrogen-bond donors (Lipinski definition) is 2. The quantitative estimate of drug-likeness (QED) is 0.790. The Balaban J connectivity index is 3.50. The largest absolute Gasteiger partial charge is 0.401 e. The van der Waals surface area contributed by atoms with Gasteiger partial charge in [0.2, 0.25) is 5.91 Å². The van der Waals surface area contributed by atoms with Crippen LogP contribution in [0.2, 0.25) is 0 Å². The van der Waals surface area contributed by atoms with Crippen LogP contribution in [0, 0.1) is 0 Å². The molecule has 3 nitrogen and oxygen atoms in total. The Morgan fingerprint density at radius 1 is 1.36 bits per heavy atom. The summed E-state index contributed by atoms with van der Waals surface area (Å²) in [5.74, 6) is -0.505. The molecular weight excluding hydrogens is 265 g/mol. The number of amides is 1. The standard InChI is InChI=1S/C7H10BrF3N2O/c1-5(8)2-13-6(14)3-12-4-7(9,10)11/h12H,1-4H2,(H,13,14). The Labute approximate surface area is 87.9 Å². The molecule has 82 valence electrons. The third-order valence-corrected chi connectivity index (χ3v) is 1.37. The Hall–Kier alpha value is -0.560. The van der Waals surface area contributed by atoms with Crippen LogP contribution in [0.15, 0.2) is 11.1 Å². The maximum atomic E-state index is 11.6. The minimum atomic E-state index is -4.29. The van der Waals surface area contributed by atoms with Gasteiger partial charge in [-0.25, -0.2) is 0 Å². The zero-order chi connectivity index (χ0) is 11.2. The lowest BCUT2D eigenvalue weighted by molar-refractivity contribution is -0.128. The van der Waals surface area contributed by atoms with Crippen LogP contribution in [0.5, 0.6) is 0 Å². The summed E-state index contributed by atoms with van der Waals surface area (Å²) in [7, 11) is 0. The molecule has 0 bridgehead atoms. The molecule has 2 N–H and O–H groups in total. The van der Waals surface area contributed by atoms with Crippen LogP contribution >= 0.6 is 15.9 Å². The molecule has 0 atom stereocenters. The Morgan fingerprint density at radius 3 is 2.36 bits per heavy atom. The Kier molecular flexibility index (Phi) is 5.78. The molecule has 14 heavy (non-hydrogen) atoms. The molecule has 1 amide bonds. The molecule has 0 spiro atoms. The number of carbonyl (C=O) groups excluding carboxylic acids is 1. The summed E-state index contributed by atoms with van der Waals surface area (Å²) in [6.07, 6.45) is -4.29. The lowest BCUT2D eigenvalue weighted by Crippen LogP contribution is -2.38. The summed E-state index contributed by atoms with van der Waals surface area (Å²) in [4.78, 5) is 10.8. The third kappa shape index (κ3) is 9.53. The van der Waals surface area contributed by atoms with E-state index in [2.05, 4.69) is 27.8 Å². The lowest BCUT2D eigenvalue weighted by atomic mass is 10.5. The van der Waals surface area contributed by atoms with Crippen LogP contribution in [0.4, 0.5) is 13.2 Å². The van der Waals surface area contributed by atoms with Crippen LogP contribution in [0.1, 0.15) is 0 Å². The highest BCUT2D eigenvalue weighted by atomic mass is 79.9. The van der Waals surface area contributed by atoms with E-state index in [1.165, 1.54) is 0 Å². The summed E-state index contributed by atoms with van der Waals surface area (Å²) in [6, 6.07) is 0. The molecule has 0 aliphatic rings. The highest BCUT2D eigenvalue weighted by Gasteiger charge is 2.26. The van der Waals surface area contributed by atoms with Crippen molar-refractivity contribution in [1.82, 2.24) is 10.6 Å². The first-order valence-electron chi connectivity index (χ1n) is 3.68. The normalized spacial score (nSPS) is 11.1. The minimum absolute atomic E-state index is 0.201. The predicted molar refractivity (Wildman–Crippen MR) is 50.0 cm³/mol. The highest BCUT2D eigenvalue weighted by molar-refractivity contribution is 9.11. The lowest BCUT2D eigenvalue weighted by Gasteiger charge is -2.08. The fourth-order valence-electron chi connectivity index (χ4n) is 0.575. The number of rotatable bonds is 5. The van der Waals surface area contributed by atoms with E-state index in [1.54, 1.807) is 0 Å². The molecule has 0 radical (unpaired) electrons. The van der Waals surface area contributed by atoms with Crippen LogP contribution in [0.3, 0.4) is 0 Å². The van der Waals surface area contributed by atoms with E-state index in [9.17, 15) is 18.0 Å². The second kappa shape index (κ2) is 6.02. The first kappa shape index (κ1) is 13.4. The fourth-order valence-corrected chi connectivity index (χ4v) is 0.715. The van der Waals surface area contributed by atoms with Gasteiger partial charge in [-0.1, -0.05) is 22.5 Å². The molecular formula is C7H10BrF3N2O. The molecule has 0 aromatic heterocycles. The number of nitrogens with one attached hydrogen (secondary N) is 2. The topological polar surface area (TPSA) is 41.1 Å². The Bertz CT molecular complexity index is 217. The van der Waals surface area contributed by atoms with Gasteiger partial charge in [0.1, 0.15) is 0 Å². The second-order valence-electron chi connectivity index (χ2n) is 2.51. The number of hydrogen-bond acceptors (Lipinski definition) is 2. The van der Waals surface area contributed by atoms with Gasteiger partial charge in [0, 0.05) is 11.0 Å². The fraction of sp³-hybridized carbons (Fsp3) is 0.571. The van der Waals surface area contributed by atoms with Crippen LogP contribution in [-0.2, 0) is 4.79 Å². The van der Waals surface area contributed by atoms with Crippen molar-refractivity contribution >= 4 is 21.8 Å². The molecule has 7 heteroatoms. The summed E-state index contributed by atoms with van der Waals surface area (Å²) in [6.45, 7) is 2.12. The number of halogens is 4. The van der Waals surface area contributed by atoms with Crippen molar-refractivity contribution in [1.29, 1.82) is 0 Å². The first-order chi connectivity index (χ1) is 6.31. The van der Waals surface area contributed by atoms with E-state index in [1.807, 2.05) is 5.32 Å². The summed E-state index contributed by atoms with van der Waals surface area (Å²) in [5.41, 5.74) is 0.